The van der Waals surface area contributed by atoms with E-state index in [1.54, 1.807) is 0 Å². The molecule has 1 heterocycles. The van der Waals surface area contributed by atoms with Crippen molar-refractivity contribution in [1.29, 1.82) is 0 Å². The predicted octanol–water partition coefficient (Wildman–Crippen LogP) is 4.67. The summed E-state index contributed by atoms with van der Waals surface area (Å²) in [5.41, 5.74) is 1.92. The van der Waals surface area contributed by atoms with E-state index in [1.807, 2.05) is 19.1 Å². The maximum Gasteiger partial charge on any atom is 0.0641 e. The molecule has 18 heavy (non-hydrogen) atoms. The summed E-state index contributed by atoms with van der Waals surface area (Å²) in [6.45, 7) is 6.17. The fraction of sp³-hybridized carbons (Fsp3) is 0.571. The van der Waals surface area contributed by atoms with Crippen LogP contribution in [0.5, 0.6) is 0 Å². The number of hydrogen-bond donors (Lipinski definition) is 1. The molecule has 0 aliphatic carbocycles. The highest BCUT2D eigenvalue weighted by Crippen LogP contribution is 2.31. The van der Waals surface area contributed by atoms with E-state index in [4.69, 9.17) is 27.9 Å². The summed E-state index contributed by atoms with van der Waals surface area (Å²) in [4.78, 5) is 0. The summed E-state index contributed by atoms with van der Waals surface area (Å²) in [5.74, 6) is 0. The lowest BCUT2D eigenvalue weighted by molar-refractivity contribution is -0.0337. The Morgan fingerprint density at radius 2 is 1.72 bits per heavy atom. The first-order valence-corrected chi connectivity index (χ1v) is 7.09. The van der Waals surface area contributed by atoms with E-state index < -0.39 is 0 Å². The lowest BCUT2D eigenvalue weighted by Crippen LogP contribution is -2.36. The third kappa shape index (κ3) is 3.31. The Morgan fingerprint density at radius 1 is 1.11 bits per heavy atom. The van der Waals surface area contributed by atoms with E-state index in [0.717, 1.165) is 34.1 Å². The second-order valence-corrected chi connectivity index (χ2v) is 5.97. The summed E-state index contributed by atoms with van der Waals surface area (Å²) in [6.07, 6.45) is 2.55. The highest BCUT2D eigenvalue weighted by atomic mass is 35.5. The number of ether oxygens (including phenoxy) is 1. The molecule has 0 amide bonds. The van der Waals surface area contributed by atoms with Crippen LogP contribution in [0.3, 0.4) is 0 Å². The largest absolute Gasteiger partial charge is 0.381 e. The zero-order valence-electron chi connectivity index (χ0n) is 11.0. The van der Waals surface area contributed by atoms with Gasteiger partial charge in [-0.25, -0.2) is 0 Å². The van der Waals surface area contributed by atoms with Gasteiger partial charge in [0.15, 0.2) is 0 Å². The Morgan fingerprint density at radius 3 is 2.33 bits per heavy atom. The minimum absolute atomic E-state index is 0.283. The normalized spacial score (nSPS) is 28.2. The standard InChI is InChI=1S/C14H19Cl2NO/c1-8-4-13(16)14(7-12(8)15)17-11-5-9(2)18-10(3)6-11/h4,7,9-11,17H,5-6H2,1-3H3. The first kappa shape index (κ1) is 14.0. The first-order valence-electron chi connectivity index (χ1n) is 6.33. The smallest absolute Gasteiger partial charge is 0.0641 e. The van der Waals surface area contributed by atoms with E-state index in [0.29, 0.717) is 6.04 Å². The zero-order valence-corrected chi connectivity index (χ0v) is 12.5. The summed E-state index contributed by atoms with van der Waals surface area (Å²) < 4.78 is 5.73. The molecule has 1 aromatic rings. The number of nitrogens with one attached hydrogen (secondary N) is 1. The van der Waals surface area contributed by atoms with Crippen LogP contribution in [0.25, 0.3) is 0 Å². The average molecular weight is 288 g/mol. The minimum atomic E-state index is 0.283. The minimum Gasteiger partial charge on any atom is -0.381 e. The van der Waals surface area contributed by atoms with Gasteiger partial charge in [0.05, 0.1) is 22.9 Å². The molecule has 0 saturated carbocycles. The molecular weight excluding hydrogens is 269 g/mol. The maximum absolute atomic E-state index is 6.24. The van der Waals surface area contributed by atoms with Gasteiger partial charge in [0.25, 0.3) is 0 Å². The van der Waals surface area contributed by atoms with Crippen molar-refractivity contribution in [1.82, 2.24) is 0 Å². The van der Waals surface area contributed by atoms with Gasteiger partial charge < -0.3 is 10.1 Å². The number of benzene rings is 1. The third-order valence-corrected chi connectivity index (χ3v) is 4.03. The molecule has 1 fully saturated rings. The summed E-state index contributed by atoms with van der Waals surface area (Å²) in [6, 6.07) is 4.20. The number of hydrogen-bond acceptors (Lipinski definition) is 2. The van der Waals surface area contributed by atoms with Crippen LogP contribution < -0.4 is 5.32 Å². The Balaban J connectivity index is 2.11. The first-order chi connectivity index (χ1) is 8.45. The summed E-state index contributed by atoms with van der Waals surface area (Å²) >= 11 is 12.4. The molecule has 1 aromatic carbocycles. The third-order valence-electron chi connectivity index (χ3n) is 3.31. The number of halogens is 2. The maximum atomic E-state index is 6.24. The molecule has 1 N–H and O–H groups in total. The second kappa shape index (κ2) is 5.68. The van der Waals surface area contributed by atoms with Crippen LogP contribution in [0, 0.1) is 6.92 Å². The van der Waals surface area contributed by atoms with E-state index in [2.05, 4.69) is 19.2 Å². The Bertz CT molecular complexity index is 426. The molecule has 2 nitrogen and oxygen atoms in total. The molecule has 1 saturated heterocycles. The van der Waals surface area contributed by atoms with E-state index in [-0.39, 0.29) is 12.2 Å². The van der Waals surface area contributed by atoms with Gasteiger partial charge in [-0.05, 0) is 51.3 Å². The van der Waals surface area contributed by atoms with Crippen molar-refractivity contribution < 1.29 is 4.74 Å². The van der Waals surface area contributed by atoms with Gasteiger partial charge in [0.2, 0.25) is 0 Å². The Labute approximate surface area is 119 Å². The van der Waals surface area contributed by atoms with Crippen LogP contribution >= 0.6 is 23.2 Å². The van der Waals surface area contributed by atoms with Crippen LogP contribution in [0.4, 0.5) is 5.69 Å². The molecule has 1 aliphatic rings. The highest BCUT2D eigenvalue weighted by molar-refractivity contribution is 6.35. The average Bonchev–Trinajstić information content (AvgIpc) is 2.24. The van der Waals surface area contributed by atoms with Crippen LogP contribution in [-0.2, 0) is 4.74 Å². The molecule has 2 rings (SSSR count). The van der Waals surface area contributed by atoms with Gasteiger partial charge in [-0.2, -0.15) is 0 Å². The molecule has 2 unspecified atom stereocenters. The number of aryl methyl sites for hydroxylation is 1. The van der Waals surface area contributed by atoms with Crippen LogP contribution in [-0.4, -0.2) is 18.2 Å². The molecule has 2 atom stereocenters. The molecule has 1 aliphatic heterocycles. The van der Waals surface area contributed by atoms with E-state index in [1.165, 1.54) is 0 Å². The molecule has 0 bridgehead atoms. The van der Waals surface area contributed by atoms with Gasteiger partial charge in [-0.1, -0.05) is 23.2 Å². The molecule has 0 aromatic heterocycles. The van der Waals surface area contributed by atoms with Gasteiger partial charge in [0.1, 0.15) is 0 Å². The fourth-order valence-electron chi connectivity index (χ4n) is 2.50. The van der Waals surface area contributed by atoms with Gasteiger partial charge in [0, 0.05) is 11.1 Å². The van der Waals surface area contributed by atoms with E-state index >= 15 is 0 Å². The Hall–Kier alpha value is -0.440. The molecule has 0 radical (unpaired) electrons. The zero-order chi connectivity index (χ0) is 13.3. The van der Waals surface area contributed by atoms with E-state index in [9.17, 15) is 0 Å². The van der Waals surface area contributed by atoms with Gasteiger partial charge in [-0.3, -0.25) is 0 Å². The van der Waals surface area contributed by atoms with Crippen molar-refractivity contribution in [3.63, 3.8) is 0 Å². The summed E-state index contributed by atoms with van der Waals surface area (Å²) in [7, 11) is 0. The van der Waals surface area contributed by atoms with Crippen LogP contribution in [0.1, 0.15) is 32.3 Å². The van der Waals surface area contributed by atoms with Crippen molar-refractivity contribution >= 4 is 28.9 Å². The predicted molar refractivity (Wildman–Crippen MR) is 77.9 cm³/mol. The number of rotatable bonds is 2. The SMILES string of the molecule is Cc1cc(Cl)c(NC2CC(C)OC(C)C2)cc1Cl. The molecule has 4 heteroatoms. The van der Waals surface area contributed by atoms with Crippen LogP contribution in [0.15, 0.2) is 12.1 Å². The molecule has 0 spiro atoms. The van der Waals surface area contributed by atoms with Crippen molar-refractivity contribution in [3.05, 3.63) is 27.7 Å². The van der Waals surface area contributed by atoms with Crippen molar-refractivity contribution in [2.24, 2.45) is 0 Å². The summed E-state index contributed by atoms with van der Waals surface area (Å²) in [5, 5.41) is 4.95. The molecular formula is C14H19Cl2NO. The highest BCUT2D eigenvalue weighted by Gasteiger charge is 2.24. The van der Waals surface area contributed by atoms with Crippen molar-refractivity contribution in [3.8, 4) is 0 Å². The quantitative estimate of drug-likeness (QED) is 0.853. The second-order valence-electron chi connectivity index (χ2n) is 5.15. The van der Waals surface area contributed by atoms with Gasteiger partial charge >= 0.3 is 0 Å². The Kier molecular flexibility index (Phi) is 4.41. The lowest BCUT2D eigenvalue weighted by Gasteiger charge is -2.33. The van der Waals surface area contributed by atoms with Crippen molar-refractivity contribution in [2.75, 3.05) is 5.32 Å². The lowest BCUT2D eigenvalue weighted by atomic mass is 9.99. The topological polar surface area (TPSA) is 21.3 Å². The monoisotopic (exact) mass is 287 g/mol. The van der Waals surface area contributed by atoms with Crippen LogP contribution in [0.2, 0.25) is 10.0 Å². The fourth-order valence-corrected chi connectivity index (χ4v) is 2.94. The van der Waals surface area contributed by atoms with Crippen molar-refractivity contribution in [2.45, 2.75) is 51.9 Å². The van der Waals surface area contributed by atoms with Gasteiger partial charge in [-0.15, -0.1) is 0 Å². The number of anilines is 1. The molecule has 100 valence electrons.